The molecule has 0 aromatic carbocycles. The second-order valence-corrected chi connectivity index (χ2v) is 4.67. The molecule has 1 saturated carbocycles. The first kappa shape index (κ1) is 11.2. The fourth-order valence-electron chi connectivity index (χ4n) is 2.13. The van der Waals surface area contributed by atoms with Crippen LogP contribution >= 0.6 is 0 Å². The van der Waals surface area contributed by atoms with Crippen LogP contribution in [0.4, 0.5) is 0 Å². The Balaban J connectivity index is 1.89. The monoisotopic (exact) mass is 223 g/mol. The first-order valence-corrected chi connectivity index (χ1v) is 5.76. The minimum Gasteiger partial charge on any atom is -0.458 e. The number of carbonyl (C=O) groups excluding carboxylic acids is 1. The molecule has 1 aromatic rings. The molecule has 0 bridgehead atoms. The van der Waals surface area contributed by atoms with Crippen LogP contribution in [0.1, 0.15) is 43.6 Å². The first-order chi connectivity index (χ1) is 7.66. The standard InChI is InChI=1S/C12H17NO3/c1-8-3-4-10(5-9(8)2)16-12(14)11-6-15-7-13-11/h6-10H,3-5H2,1-2H3/t8-,9-,10+/m1/s1. The zero-order chi connectivity index (χ0) is 11.5. The van der Waals surface area contributed by atoms with Gasteiger partial charge in [0.1, 0.15) is 12.4 Å². The molecule has 3 atom stereocenters. The lowest BCUT2D eigenvalue weighted by Crippen LogP contribution is -2.28. The maximum Gasteiger partial charge on any atom is 0.360 e. The number of hydrogen-bond acceptors (Lipinski definition) is 4. The predicted octanol–water partition coefficient (Wildman–Crippen LogP) is 2.66. The summed E-state index contributed by atoms with van der Waals surface area (Å²) in [5.41, 5.74) is 0.256. The average molecular weight is 223 g/mol. The molecule has 0 N–H and O–H groups in total. The third-order valence-corrected chi connectivity index (χ3v) is 3.47. The van der Waals surface area contributed by atoms with Crippen molar-refractivity contribution in [3.63, 3.8) is 0 Å². The summed E-state index contributed by atoms with van der Waals surface area (Å²) in [5, 5.41) is 0. The van der Waals surface area contributed by atoms with Crippen LogP contribution in [-0.4, -0.2) is 17.1 Å². The number of oxazole rings is 1. The predicted molar refractivity (Wildman–Crippen MR) is 57.9 cm³/mol. The highest BCUT2D eigenvalue weighted by molar-refractivity contribution is 5.86. The zero-order valence-electron chi connectivity index (χ0n) is 9.68. The van der Waals surface area contributed by atoms with Gasteiger partial charge >= 0.3 is 5.97 Å². The highest BCUT2D eigenvalue weighted by Gasteiger charge is 2.27. The van der Waals surface area contributed by atoms with Crippen molar-refractivity contribution < 1.29 is 13.9 Å². The fourth-order valence-corrected chi connectivity index (χ4v) is 2.13. The van der Waals surface area contributed by atoms with Gasteiger partial charge < -0.3 is 9.15 Å². The van der Waals surface area contributed by atoms with E-state index in [9.17, 15) is 4.79 Å². The summed E-state index contributed by atoms with van der Waals surface area (Å²) in [6, 6.07) is 0. The molecule has 0 unspecified atom stereocenters. The molecule has 1 aliphatic carbocycles. The molecule has 0 spiro atoms. The minimum absolute atomic E-state index is 0.0374. The summed E-state index contributed by atoms with van der Waals surface area (Å²) < 4.78 is 10.1. The van der Waals surface area contributed by atoms with E-state index in [1.54, 1.807) is 0 Å². The Morgan fingerprint density at radius 2 is 2.25 bits per heavy atom. The topological polar surface area (TPSA) is 52.3 Å². The van der Waals surface area contributed by atoms with Crippen LogP contribution in [0.25, 0.3) is 0 Å². The Labute approximate surface area is 95.0 Å². The number of aromatic nitrogens is 1. The van der Waals surface area contributed by atoms with Crippen molar-refractivity contribution in [2.75, 3.05) is 0 Å². The maximum absolute atomic E-state index is 11.6. The quantitative estimate of drug-likeness (QED) is 0.723. The van der Waals surface area contributed by atoms with Crippen molar-refractivity contribution in [2.24, 2.45) is 11.8 Å². The van der Waals surface area contributed by atoms with E-state index in [0.29, 0.717) is 5.92 Å². The lowest BCUT2D eigenvalue weighted by Gasteiger charge is -2.31. The van der Waals surface area contributed by atoms with E-state index in [4.69, 9.17) is 9.15 Å². The van der Waals surface area contributed by atoms with Crippen LogP contribution in [0, 0.1) is 11.8 Å². The van der Waals surface area contributed by atoms with Crippen molar-refractivity contribution in [3.05, 3.63) is 18.4 Å². The van der Waals surface area contributed by atoms with E-state index in [1.807, 2.05) is 0 Å². The molecular weight excluding hydrogens is 206 g/mol. The number of nitrogens with zero attached hydrogens (tertiary/aromatic N) is 1. The van der Waals surface area contributed by atoms with Crippen molar-refractivity contribution >= 4 is 5.97 Å². The third-order valence-electron chi connectivity index (χ3n) is 3.47. The van der Waals surface area contributed by atoms with Crippen LogP contribution in [0.15, 0.2) is 17.1 Å². The van der Waals surface area contributed by atoms with Crippen LogP contribution in [0.2, 0.25) is 0 Å². The fraction of sp³-hybridized carbons (Fsp3) is 0.667. The summed E-state index contributed by atoms with van der Waals surface area (Å²) in [7, 11) is 0. The van der Waals surface area contributed by atoms with E-state index >= 15 is 0 Å². The van der Waals surface area contributed by atoms with E-state index in [2.05, 4.69) is 18.8 Å². The number of esters is 1. The van der Waals surface area contributed by atoms with Gasteiger partial charge in [0.2, 0.25) is 0 Å². The summed E-state index contributed by atoms with van der Waals surface area (Å²) >= 11 is 0. The van der Waals surface area contributed by atoms with Gasteiger partial charge in [-0.2, -0.15) is 0 Å². The largest absolute Gasteiger partial charge is 0.458 e. The number of carbonyl (C=O) groups is 1. The average Bonchev–Trinajstić information content (AvgIpc) is 2.77. The molecule has 88 valence electrons. The van der Waals surface area contributed by atoms with Gasteiger partial charge in [-0.1, -0.05) is 13.8 Å². The van der Waals surface area contributed by atoms with Gasteiger partial charge in [0.25, 0.3) is 0 Å². The van der Waals surface area contributed by atoms with Crippen LogP contribution in [-0.2, 0) is 4.74 Å². The molecule has 1 heterocycles. The molecule has 0 saturated heterocycles. The van der Waals surface area contributed by atoms with Gasteiger partial charge in [-0.25, -0.2) is 9.78 Å². The van der Waals surface area contributed by atoms with Crippen LogP contribution in [0.5, 0.6) is 0 Å². The number of hydrogen-bond donors (Lipinski definition) is 0. The van der Waals surface area contributed by atoms with Gasteiger partial charge in [-0.3, -0.25) is 0 Å². The van der Waals surface area contributed by atoms with Gasteiger partial charge in [-0.05, 0) is 31.1 Å². The first-order valence-electron chi connectivity index (χ1n) is 5.76. The Hall–Kier alpha value is -1.32. The van der Waals surface area contributed by atoms with Gasteiger partial charge in [-0.15, -0.1) is 0 Å². The van der Waals surface area contributed by atoms with E-state index < -0.39 is 0 Å². The second kappa shape index (κ2) is 4.68. The van der Waals surface area contributed by atoms with Crippen molar-refractivity contribution in [1.82, 2.24) is 4.98 Å². The van der Waals surface area contributed by atoms with Crippen molar-refractivity contribution in [3.8, 4) is 0 Å². The molecule has 0 radical (unpaired) electrons. The lowest BCUT2D eigenvalue weighted by atomic mass is 9.80. The van der Waals surface area contributed by atoms with Crippen molar-refractivity contribution in [2.45, 2.75) is 39.2 Å². The molecule has 1 aromatic heterocycles. The Morgan fingerprint density at radius 3 is 2.88 bits per heavy atom. The third kappa shape index (κ3) is 2.43. The maximum atomic E-state index is 11.6. The van der Waals surface area contributed by atoms with Gasteiger partial charge in [0.05, 0.1) is 0 Å². The lowest BCUT2D eigenvalue weighted by molar-refractivity contribution is 0.00818. The van der Waals surface area contributed by atoms with Crippen LogP contribution < -0.4 is 0 Å². The normalized spacial score (nSPS) is 30.0. The molecule has 0 aliphatic heterocycles. The summed E-state index contributed by atoms with van der Waals surface area (Å²) in [5.74, 6) is 0.964. The molecule has 4 nitrogen and oxygen atoms in total. The Kier molecular flexibility index (Phi) is 3.27. The zero-order valence-corrected chi connectivity index (χ0v) is 9.68. The summed E-state index contributed by atoms with van der Waals surface area (Å²) in [6.07, 6.45) is 5.62. The SMILES string of the molecule is C[C@@H]1CC[C@H](OC(=O)c2cocn2)C[C@H]1C. The molecule has 1 aliphatic rings. The summed E-state index contributed by atoms with van der Waals surface area (Å²) in [4.78, 5) is 15.4. The number of ether oxygens (including phenoxy) is 1. The highest BCUT2D eigenvalue weighted by Crippen LogP contribution is 2.31. The van der Waals surface area contributed by atoms with Crippen molar-refractivity contribution in [1.29, 1.82) is 0 Å². The molecule has 16 heavy (non-hydrogen) atoms. The van der Waals surface area contributed by atoms with Crippen LogP contribution in [0.3, 0.4) is 0 Å². The Bertz CT molecular complexity index is 347. The van der Waals surface area contributed by atoms with E-state index in [-0.39, 0.29) is 17.8 Å². The second-order valence-electron chi connectivity index (χ2n) is 4.67. The Morgan fingerprint density at radius 1 is 1.44 bits per heavy atom. The number of rotatable bonds is 2. The molecule has 2 rings (SSSR count). The van der Waals surface area contributed by atoms with Gasteiger partial charge in [0.15, 0.2) is 12.1 Å². The molecule has 4 heteroatoms. The molecular formula is C12H17NO3. The van der Waals surface area contributed by atoms with E-state index in [0.717, 1.165) is 25.2 Å². The minimum atomic E-state index is -0.375. The van der Waals surface area contributed by atoms with Gasteiger partial charge in [0, 0.05) is 0 Å². The smallest absolute Gasteiger partial charge is 0.360 e. The van der Waals surface area contributed by atoms with E-state index in [1.165, 1.54) is 12.7 Å². The molecule has 1 fully saturated rings. The highest BCUT2D eigenvalue weighted by atomic mass is 16.5. The summed E-state index contributed by atoms with van der Waals surface area (Å²) in [6.45, 7) is 4.46. The molecule has 0 amide bonds.